The molecule has 0 aliphatic carbocycles. The Hall–Kier alpha value is -2.18. The van der Waals surface area contributed by atoms with Crippen LogP contribution in [-0.4, -0.2) is 16.1 Å². The molecule has 0 unspecified atom stereocenters. The molecular weight excluding hydrogens is 310 g/mol. The maximum atomic E-state index is 12.1. The third-order valence-corrected chi connectivity index (χ3v) is 3.80. The molecule has 106 valence electrons. The Morgan fingerprint density at radius 3 is 2.76 bits per heavy atom. The smallest absolute Gasteiger partial charge is 0.293 e. The summed E-state index contributed by atoms with van der Waals surface area (Å²) in [5.41, 5.74) is 0.741. The summed E-state index contributed by atoms with van der Waals surface area (Å²) in [6, 6.07) is 10.6. The predicted octanol–water partition coefficient (Wildman–Crippen LogP) is 4.01. The quantitative estimate of drug-likeness (QED) is 0.792. The molecule has 0 spiro atoms. The average Bonchev–Trinajstić information content (AvgIpc) is 3.09. The van der Waals surface area contributed by atoms with E-state index in [4.69, 9.17) is 16.0 Å². The van der Waals surface area contributed by atoms with Crippen molar-refractivity contribution in [1.29, 1.82) is 0 Å². The number of carbonyl (C=O) groups is 1. The van der Waals surface area contributed by atoms with Crippen LogP contribution < -0.4 is 5.32 Å². The van der Waals surface area contributed by atoms with Crippen LogP contribution in [0.2, 0.25) is 5.02 Å². The fourth-order valence-corrected chi connectivity index (χ4v) is 2.59. The van der Waals surface area contributed by atoms with Crippen molar-refractivity contribution in [1.82, 2.24) is 10.2 Å². The zero-order valence-corrected chi connectivity index (χ0v) is 12.5. The van der Waals surface area contributed by atoms with Gasteiger partial charge in [-0.3, -0.25) is 10.1 Å². The fraction of sp³-hybridized carbons (Fsp3) is 0.0714. The van der Waals surface area contributed by atoms with E-state index in [-0.39, 0.29) is 11.7 Å². The molecule has 2 aromatic heterocycles. The van der Waals surface area contributed by atoms with E-state index in [1.54, 1.807) is 18.2 Å². The lowest BCUT2D eigenvalue weighted by Gasteiger charge is -2.00. The molecule has 0 aliphatic rings. The van der Waals surface area contributed by atoms with Crippen LogP contribution in [0.25, 0.3) is 11.3 Å². The van der Waals surface area contributed by atoms with Crippen LogP contribution >= 0.6 is 22.9 Å². The van der Waals surface area contributed by atoms with Gasteiger partial charge in [-0.1, -0.05) is 35.1 Å². The number of nitrogens with one attached hydrogen (secondary N) is 1. The fourth-order valence-electron chi connectivity index (χ4n) is 1.77. The third-order valence-electron chi connectivity index (χ3n) is 2.72. The lowest BCUT2D eigenvalue weighted by molar-refractivity contribution is 0.0997. The second kappa shape index (κ2) is 5.67. The number of rotatable bonds is 3. The minimum atomic E-state index is -0.371. The molecule has 1 amide bonds. The molecule has 0 saturated carbocycles. The van der Waals surface area contributed by atoms with Gasteiger partial charge in [0.05, 0.1) is 5.02 Å². The summed E-state index contributed by atoms with van der Waals surface area (Å²) in [6.45, 7) is 1.82. The van der Waals surface area contributed by atoms with E-state index in [0.717, 1.165) is 10.6 Å². The van der Waals surface area contributed by atoms with Crippen molar-refractivity contribution >= 4 is 34.0 Å². The number of anilines is 1. The van der Waals surface area contributed by atoms with Gasteiger partial charge in [-0.25, -0.2) is 0 Å². The van der Waals surface area contributed by atoms with Gasteiger partial charge in [0.25, 0.3) is 5.91 Å². The van der Waals surface area contributed by atoms with E-state index in [9.17, 15) is 4.79 Å². The Morgan fingerprint density at radius 1 is 1.24 bits per heavy atom. The van der Waals surface area contributed by atoms with E-state index in [2.05, 4.69) is 15.5 Å². The number of aromatic nitrogens is 2. The van der Waals surface area contributed by atoms with Crippen molar-refractivity contribution in [3.8, 4) is 11.3 Å². The molecule has 0 radical (unpaired) electrons. The summed E-state index contributed by atoms with van der Waals surface area (Å²) < 4.78 is 5.55. The predicted molar refractivity (Wildman–Crippen MR) is 81.8 cm³/mol. The number of benzene rings is 1. The Kier molecular flexibility index (Phi) is 3.72. The third kappa shape index (κ3) is 2.96. The number of amides is 1. The molecule has 0 atom stereocenters. The van der Waals surface area contributed by atoms with Crippen LogP contribution in [0.15, 0.2) is 40.8 Å². The molecule has 21 heavy (non-hydrogen) atoms. The lowest BCUT2D eigenvalue weighted by atomic mass is 10.2. The van der Waals surface area contributed by atoms with Gasteiger partial charge in [-0.2, -0.15) is 0 Å². The van der Waals surface area contributed by atoms with Crippen LogP contribution in [0.1, 0.15) is 15.6 Å². The Morgan fingerprint density at radius 2 is 2.05 bits per heavy atom. The lowest BCUT2D eigenvalue weighted by Crippen LogP contribution is -2.10. The molecule has 0 fully saturated rings. The van der Waals surface area contributed by atoms with Gasteiger partial charge in [0.2, 0.25) is 5.13 Å². The molecule has 3 rings (SSSR count). The van der Waals surface area contributed by atoms with E-state index < -0.39 is 0 Å². The van der Waals surface area contributed by atoms with E-state index in [1.807, 2.05) is 25.1 Å². The first-order valence-electron chi connectivity index (χ1n) is 6.09. The molecule has 7 heteroatoms. The van der Waals surface area contributed by atoms with Crippen LogP contribution in [0.3, 0.4) is 0 Å². The summed E-state index contributed by atoms with van der Waals surface area (Å²) in [6.07, 6.45) is 0. The number of carbonyl (C=O) groups excluding carboxylic acids is 1. The molecular formula is C14H10ClN3O2S. The van der Waals surface area contributed by atoms with Crippen molar-refractivity contribution in [3.63, 3.8) is 0 Å². The highest BCUT2D eigenvalue weighted by Crippen LogP contribution is 2.29. The number of hydrogen-bond acceptors (Lipinski definition) is 5. The van der Waals surface area contributed by atoms with Gasteiger partial charge < -0.3 is 4.42 Å². The number of hydrogen-bond donors (Lipinski definition) is 1. The van der Waals surface area contributed by atoms with Crippen LogP contribution in [0.4, 0.5) is 5.13 Å². The summed E-state index contributed by atoms with van der Waals surface area (Å²) in [4.78, 5) is 12.1. The molecule has 3 aromatic rings. The van der Waals surface area contributed by atoms with E-state index >= 15 is 0 Å². The maximum absolute atomic E-state index is 12.1. The largest absolute Gasteiger partial charge is 0.451 e. The van der Waals surface area contributed by atoms with Gasteiger partial charge in [-0.15, -0.1) is 10.2 Å². The number of furan rings is 1. The Labute approximate surface area is 129 Å². The zero-order valence-electron chi connectivity index (χ0n) is 11.0. The molecule has 1 aromatic carbocycles. The van der Waals surface area contributed by atoms with E-state index in [1.165, 1.54) is 11.3 Å². The molecule has 0 bridgehead atoms. The summed E-state index contributed by atoms with van der Waals surface area (Å²) >= 11 is 7.40. The molecule has 0 aliphatic heterocycles. The standard InChI is InChI=1S/C14H10ClN3O2S/c1-8-17-18-14(21-8)16-13(19)12-7-6-11(20-12)9-4-2-3-5-10(9)15/h2-7H,1H3,(H,16,18,19). The van der Waals surface area contributed by atoms with Crippen molar-refractivity contribution < 1.29 is 9.21 Å². The number of halogens is 1. The van der Waals surface area contributed by atoms with Crippen molar-refractivity contribution in [2.24, 2.45) is 0 Å². The van der Waals surface area contributed by atoms with Gasteiger partial charge in [-0.05, 0) is 31.2 Å². The van der Waals surface area contributed by atoms with E-state index in [0.29, 0.717) is 15.9 Å². The van der Waals surface area contributed by atoms with Gasteiger partial charge >= 0.3 is 0 Å². The van der Waals surface area contributed by atoms with Crippen LogP contribution in [0, 0.1) is 6.92 Å². The average molecular weight is 320 g/mol. The summed E-state index contributed by atoms with van der Waals surface area (Å²) in [7, 11) is 0. The topological polar surface area (TPSA) is 68.0 Å². The van der Waals surface area contributed by atoms with Crippen LogP contribution in [-0.2, 0) is 0 Å². The molecule has 1 N–H and O–H groups in total. The maximum Gasteiger partial charge on any atom is 0.293 e. The first kappa shape index (κ1) is 13.8. The van der Waals surface area contributed by atoms with Crippen LogP contribution in [0.5, 0.6) is 0 Å². The first-order chi connectivity index (χ1) is 10.1. The highest BCUT2D eigenvalue weighted by atomic mass is 35.5. The summed E-state index contributed by atoms with van der Waals surface area (Å²) in [5, 5.41) is 12.1. The minimum absolute atomic E-state index is 0.192. The minimum Gasteiger partial charge on any atom is -0.451 e. The first-order valence-corrected chi connectivity index (χ1v) is 7.29. The van der Waals surface area contributed by atoms with Gasteiger partial charge in [0, 0.05) is 5.56 Å². The van der Waals surface area contributed by atoms with Crippen molar-refractivity contribution in [2.75, 3.05) is 5.32 Å². The van der Waals surface area contributed by atoms with Gasteiger partial charge in [0.15, 0.2) is 5.76 Å². The van der Waals surface area contributed by atoms with Crippen molar-refractivity contribution in [3.05, 3.63) is 52.2 Å². The number of nitrogens with zero attached hydrogens (tertiary/aromatic N) is 2. The monoisotopic (exact) mass is 319 g/mol. The second-order valence-corrected chi connectivity index (χ2v) is 5.81. The Bertz CT molecular complexity index is 797. The van der Waals surface area contributed by atoms with Gasteiger partial charge in [0.1, 0.15) is 10.8 Å². The molecule has 0 saturated heterocycles. The highest BCUT2D eigenvalue weighted by molar-refractivity contribution is 7.15. The highest BCUT2D eigenvalue weighted by Gasteiger charge is 2.15. The number of aryl methyl sites for hydroxylation is 1. The summed E-state index contributed by atoms with van der Waals surface area (Å²) in [5.74, 6) is 0.362. The second-order valence-electron chi connectivity index (χ2n) is 4.22. The molecule has 2 heterocycles. The molecule has 5 nitrogen and oxygen atoms in total. The Balaban J connectivity index is 1.82. The van der Waals surface area contributed by atoms with Crippen molar-refractivity contribution in [2.45, 2.75) is 6.92 Å². The SMILES string of the molecule is Cc1nnc(NC(=O)c2ccc(-c3ccccc3Cl)o2)s1. The normalized spacial score (nSPS) is 10.6. The zero-order chi connectivity index (χ0) is 14.8.